The van der Waals surface area contributed by atoms with E-state index >= 15 is 0 Å². The monoisotopic (exact) mass is 234 g/mol. The van der Waals surface area contributed by atoms with Gasteiger partial charge in [-0.25, -0.2) is 0 Å². The van der Waals surface area contributed by atoms with Crippen molar-refractivity contribution in [3.63, 3.8) is 0 Å². The van der Waals surface area contributed by atoms with E-state index in [1.54, 1.807) is 6.92 Å². The van der Waals surface area contributed by atoms with Crippen LogP contribution in [0, 0.1) is 0 Å². The SMILES string of the molecule is CC=C(C)Nc1cccc(NC(C)C(C)O)c1. The van der Waals surface area contributed by atoms with Crippen molar-refractivity contribution in [3.8, 4) is 0 Å². The predicted molar refractivity (Wildman–Crippen MR) is 74.3 cm³/mol. The maximum Gasteiger partial charge on any atom is 0.0710 e. The molecule has 1 aromatic rings. The van der Waals surface area contributed by atoms with Crippen LogP contribution < -0.4 is 10.6 Å². The first-order valence-corrected chi connectivity index (χ1v) is 5.97. The van der Waals surface area contributed by atoms with Gasteiger partial charge in [-0.3, -0.25) is 0 Å². The third-order valence-corrected chi connectivity index (χ3v) is 2.76. The Kier molecular flexibility index (Phi) is 5.04. The fraction of sp³-hybridized carbons (Fsp3) is 0.429. The van der Waals surface area contributed by atoms with Gasteiger partial charge in [-0.2, -0.15) is 0 Å². The van der Waals surface area contributed by atoms with Crippen LogP contribution in [0.3, 0.4) is 0 Å². The molecule has 0 aliphatic rings. The summed E-state index contributed by atoms with van der Waals surface area (Å²) in [6, 6.07) is 8.07. The number of aliphatic hydroxyl groups excluding tert-OH is 1. The van der Waals surface area contributed by atoms with Crippen molar-refractivity contribution >= 4 is 11.4 Å². The summed E-state index contributed by atoms with van der Waals surface area (Å²) in [5.41, 5.74) is 3.17. The molecular formula is C14H22N2O. The van der Waals surface area contributed by atoms with Crippen molar-refractivity contribution in [3.05, 3.63) is 36.0 Å². The van der Waals surface area contributed by atoms with Crippen LogP contribution >= 0.6 is 0 Å². The van der Waals surface area contributed by atoms with Gasteiger partial charge in [0.15, 0.2) is 0 Å². The molecule has 0 saturated carbocycles. The van der Waals surface area contributed by atoms with Crippen LogP contribution in [0.15, 0.2) is 36.0 Å². The lowest BCUT2D eigenvalue weighted by Crippen LogP contribution is -2.27. The highest BCUT2D eigenvalue weighted by Crippen LogP contribution is 2.17. The molecule has 2 atom stereocenters. The molecule has 0 heterocycles. The second-order valence-electron chi connectivity index (χ2n) is 4.35. The first-order chi connectivity index (χ1) is 8.02. The predicted octanol–water partition coefficient (Wildman–Crippen LogP) is 3.20. The highest BCUT2D eigenvalue weighted by molar-refractivity contribution is 5.58. The van der Waals surface area contributed by atoms with Crippen LogP contribution in [0.25, 0.3) is 0 Å². The summed E-state index contributed by atoms with van der Waals surface area (Å²) in [6.45, 7) is 7.77. The molecular weight excluding hydrogens is 212 g/mol. The summed E-state index contributed by atoms with van der Waals surface area (Å²) >= 11 is 0. The molecule has 0 amide bonds. The second kappa shape index (κ2) is 6.30. The van der Waals surface area contributed by atoms with E-state index in [0.717, 1.165) is 17.1 Å². The van der Waals surface area contributed by atoms with Crippen molar-refractivity contribution in [1.82, 2.24) is 0 Å². The van der Waals surface area contributed by atoms with Crippen molar-refractivity contribution in [2.45, 2.75) is 39.8 Å². The molecule has 17 heavy (non-hydrogen) atoms. The minimum atomic E-state index is -0.371. The average molecular weight is 234 g/mol. The Balaban J connectivity index is 2.72. The Bertz CT molecular complexity index is 386. The number of rotatable bonds is 5. The highest BCUT2D eigenvalue weighted by Gasteiger charge is 2.07. The fourth-order valence-electron chi connectivity index (χ4n) is 1.37. The lowest BCUT2D eigenvalue weighted by atomic mass is 10.2. The van der Waals surface area contributed by atoms with Crippen molar-refractivity contribution < 1.29 is 5.11 Å². The third kappa shape index (κ3) is 4.49. The lowest BCUT2D eigenvalue weighted by Gasteiger charge is -2.18. The van der Waals surface area contributed by atoms with Gasteiger partial charge in [-0.1, -0.05) is 12.1 Å². The Labute approximate surface area is 104 Å². The van der Waals surface area contributed by atoms with Gasteiger partial charge < -0.3 is 15.7 Å². The topological polar surface area (TPSA) is 44.3 Å². The van der Waals surface area contributed by atoms with Gasteiger partial charge in [0.2, 0.25) is 0 Å². The third-order valence-electron chi connectivity index (χ3n) is 2.76. The van der Waals surface area contributed by atoms with Gasteiger partial charge in [-0.15, -0.1) is 0 Å². The molecule has 0 aromatic heterocycles. The number of aliphatic hydroxyl groups is 1. The van der Waals surface area contributed by atoms with E-state index in [1.807, 2.05) is 51.1 Å². The van der Waals surface area contributed by atoms with E-state index in [1.165, 1.54) is 0 Å². The van der Waals surface area contributed by atoms with E-state index < -0.39 is 0 Å². The van der Waals surface area contributed by atoms with E-state index in [4.69, 9.17) is 0 Å². The minimum absolute atomic E-state index is 0.0352. The van der Waals surface area contributed by atoms with Gasteiger partial charge in [0.1, 0.15) is 0 Å². The molecule has 94 valence electrons. The molecule has 2 unspecified atom stereocenters. The molecule has 0 spiro atoms. The summed E-state index contributed by atoms with van der Waals surface area (Å²) < 4.78 is 0. The van der Waals surface area contributed by atoms with Gasteiger partial charge in [0.25, 0.3) is 0 Å². The molecule has 3 heteroatoms. The maximum absolute atomic E-state index is 9.45. The quantitative estimate of drug-likeness (QED) is 0.733. The normalized spacial score (nSPS) is 15.2. The zero-order chi connectivity index (χ0) is 12.8. The molecule has 0 saturated heterocycles. The Hall–Kier alpha value is -1.48. The highest BCUT2D eigenvalue weighted by atomic mass is 16.3. The van der Waals surface area contributed by atoms with Crippen LogP contribution in [-0.2, 0) is 0 Å². The van der Waals surface area contributed by atoms with Crippen LogP contribution in [-0.4, -0.2) is 17.3 Å². The summed E-state index contributed by atoms with van der Waals surface area (Å²) in [4.78, 5) is 0. The van der Waals surface area contributed by atoms with Gasteiger partial charge in [-0.05, 0) is 45.9 Å². The maximum atomic E-state index is 9.45. The zero-order valence-corrected chi connectivity index (χ0v) is 11.0. The van der Waals surface area contributed by atoms with Gasteiger partial charge in [0, 0.05) is 23.1 Å². The van der Waals surface area contributed by atoms with Gasteiger partial charge >= 0.3 is 0 Å². The van der Waals surface area contributed by atoms with Crippen LogP contribution in [0.5, 0.6) is 0 Å². The minimum Gasteiger partial charge on any atom is -0.391 e. The van der Waals surface area contributed by atoms with Crippen molar-refractivity contribution in [2.75, 3.05) is 10.6 Å². The Morgan fingerprint density at radius 1 is 1.29 bits per heavy atom. The first kappa shape index (κ1) is 13.6. The molecule has 1 aromatic carbocycles. The number of hydrogen-bond donors (Lipinski definition) is 3. The van der Waals surface area contributed by atoms with Crippen molar-refractivity contribution in [2.24, 2.45) is 0 Å². The first-order valence-electron chi connectivity index (χ1n) is 5.97. The smallest absolute Gasteiger partial charge is 0.0710 e. The molecule has 0 bridgehead atoms. The number of nitrogens with one attached hydrogen (secondary N) is 2. The molecule has 3 N–H and O–H groups in total. The van der Waals surface area contributed by atoms with Crippen LogP contribution in [0.4, 0.5) is 11.4 Å². The Morgan fingerprint density at radius 3 is 2.53 bits per heavy atom. The zero-order valence-electron chi connectivity index (χ0n) is 11.0. The number of benzene rings is 1. The number of hydrogen-bond acceptors (Lipinski definition) is 3. The molecule has 1 rings (SSSR count). The number of allylic oxidation sites excluding steroid dienone is 2. The lowest BCUT2D eigenvalue weighted by molar-refractivity contribution is 0.178. The average Bonchev–Trinajstić information content (AvgIpc) is 2.29. The second-order valence-corrected chi connectivity index (χ2v) is 4.35. The summed E-state index contributed by atoms with van der Waals surface area (Å²) in [5.74, 6) is 0. The Morgan fingerprint density at radius 2 is 1.94 bits per heavy atom. The van der Waals surface area contributed by atoms with E-state index in [-0.39, 0.29) is 12.1 Å². The molecule has 0 radical (unpaired) electrons. The standard InChI is InChI=1S/C14H22N2O/c1-5-10(2)15-13-7-6-8-14(9-13)16-11(3)12(4)17/h5-9,11-12,15-17H,1-4H3. The largest absolute Gasteiger partial charge is 0.391 e. The summed E-state index contributed by atoms with van der Waals surface area (Å²) in [6.07, 6.45) is 1.65. The molecule has 3 nitrogen and oxygen atoms in total. The molecule has 0 aliphatic heterocycles. The fourth-order valence-corrected chi connectivity index (χ4v) is 1.37. The van der Waals surface area contributed by atoms with E-state index in [0.29, 0.717) is 0 Å². The summed E-state index contributed by atoms with van der Waals surface area (Å²) in [5, 5.41) is 16.0. The van der Waals surface area contributed by atoms with E-state index in [9.17, 15) is 5.11 Å². The van der Waals surface area contributed by atoms with Crippen LogP contribution in [0.2, 0.25) is 0 Å². The molecule has 0 fully saturated rings. The summed E-state index contributed by atoms with van der Waals surface area (Å²) in [7, 11) is 0. The van der Waals surface area contributed by atoms with E-state index in [2.05, 4.69) is 10.6 Å². The number of anilines is 2. The van der Waals surface area contributed by atoms with Crippen molar-refractivity contribution in [1.29, 1.82) is 0 Å². The van der Waals surface area contributed by atoms with Gasteiger partial charge in [0.05, 0.1) is 6.10 Å². The van der Waals surface area contributed by atoms with Crippen LogP contribution in [0.1, 0.15) is 27.7 Å². The molecule has 0 aliphatic carbocycles.